The smallest absolute Gasteiger partial charge is 0.211 e. The van der Waals surface area contributed by atoms with Crippen molar-refractivity contribution in [3.8, 4) is 5.75 Å². The van der Waals surface area contributed by atoms with Crippen LogP contribution < -0.4 is 4.74 Å². The number of ether oxygens (including phenoxy) is 1. The van der Waals surface area contributed by atoms with Crippen LogP contribution in [-0.2, 0) is 0 Å². The highest BCUT2D eigenvalue weighted by molar-refractivity contribution is 5.99. The van der Waals surface area contributed by atoms with Crippen LogP contribution in [0.2, 0.25) is 0 Å². The molecule has 0 aliphatic rings. The molecule has 5 nitrogen and oxygen atoms in total. The summed E-state index contributed by atoms with van der Waals surface area (Å²) in [6, 6.07) is 26.1. The normalized spacial score (nSPS) is 13.7. The van der Waals surface area contributed by atoms with Crippen molar-refractivity contribution < 1.29 is 14.5 Å². The van der Waals surface area contributed by atoms with Crippen molar-refractivity contribution in [2.75, 3.05) is 13.7 Å². The second kappa shape index (κ2) is 10.5. The molecule has 0 amide bonds. The topological polar surface area (TPSA) is 69.4 Å². The Balaban J connectivity index is 2.13. The largest absolute Gasteiger partial charge is 0.497 e. The summed E-state index contributed by atoms with van der Waals surface area (Å²) in [4.78, 5) is 25.2. The van der Waals surface area contributed by atoms with E-state index in [4.69, 9.17) is 4.74 Å². The molecule has 3 atom stereocenters. The van der Waals surface area contributed by atoms with E-state index in [9.17, 15) is 14.9 Å². The summed E-state index contributed by atoms with van der Waals surface area (Å²) in [6.45, 7) is 1.72. The van der Waals surface area contributed by atoms with Gasteiger partial charge in [-0.25, -0.2) is 0 Å². The lowest BCUT2D eigenvalue weighted by Crippen LogP contribution is -2.32. The number of hydrogen-bond donors (Lipinski definition) is 0. The van der Waals surface area contributed by atoms with Gasteiger partial charge in [0, 0.05) is 16.4 Å². The highest BCUT2D eigenvalue weighted by Gasteiger charge is 2.39. The summed E-state index contributed by atoms with van der Waals surface area (Å²) >= 11 is 0. The van der Waals surface area contributed by atoms with E-state index >= 15 is 0 Å². The molecule has 5 heteroatoms. The zero-order valence-corrected chi connectivity index (χ0v) is 17.8. The Morgan fingerprint density at radius 3 is 1.84 bits per heavy atom. The Bertz CT molecular complexity index is 987. The average Bonchev–Trinajstić information content (AvgIpc) is 2.82. The maximum absolute atomic E-state index is 13.9. The first-order chi connectivity index (χ1) is 15.0. The van der Waals surface area contributed by atoms with Gasteiger partial charge < -0.3 is 4.74 Å². The van der Waals surface area contributed by atoms with Crippen molar-refractivity contribution in [3.05, 3.63) is 112 Å². The number of nitro groups is 1. The molecule has 0 aromatic heterocycles. The van der Waals surface area contributed by atoms with Crippen molar-refractivity contribution in [2.24, 2.45) is 5.92 Å². The van der Waals surface area contributed by atoms with Gasteiger partial charge in [-0.3, -0.25) is 14.9 Å². The first-order valence-electron chi connectivity index (χ1n) is 10.4. The molecular formula is C26H27NO4. The van der Waals surface area contributed by atoms with Gasteiger partial charge in [-0.05, 0) is 47.7 Å². The lowest BCUT2D eigenvalue weighted by atomic mass is 9.70. The minimum atomic E-state index is -0.575. The van der Waals surface area contributed by atoms with E-state index in [1.54, 1.807) is 31.4 Å². The van der Waals surface area contributed by atoms with Crippen LogP contribution in [0.4, 0.5) is 0 Å². The van der Waals surface area contributed by atoms with Crippen LogP contribution in [0.15, 0.2) is 84.9 Å². The van der Waals surface area contributed by atoms with Gasteiger partial charge in [-0.1, -0.05) is 67.6 Å². The highest BCUT2D eigenvalue weighted by atomic mass is 16.6. The molecule has 0 fully saturated rings. The molecule has 0 aliphatic carbocycles. The van der Waals surface area contributed by atoms with E-state index < -0.39 is 11.8 Å². The zero-order valence-electron chi connectivity index (χ0n) is 17.8. The minimum absolute atomic E-state index is 0.0888. The van der Waals surface area contributed by atoms with Gasteiger partial charge in [0.15, 0.2) is 5.78 Å². The predicted molar refractivity (Wildman–Crippen MR) is 121 cm³/mol. The molecule has 3 aromatic carbocycles. The summed E-state index contributed by atoms with van der Waals surface area (Å²) in [5.74, 6) is -0.701. The number of nitrogens with zero attached hydrogens (tertiary/aromatic N) is 1. The number of methoxy groups -OCH3 is 1. The monoisotopic (exact) mass is 417 g/mol. The van der Waals surface area contributed by atoms with Crippen molar-refractivity contribution in [3.63, 3.8) is 0 Å². The van der Waals surface area contributed by atoms with Crippen LogP contribution >= 0.6 is 0 Å². The molecule has 0 N–H and O–H groups in total. The third kappa shape index (κ3) is 5.37. The van der Waals surface area contributed by atoms with Gasteiger partial charge in [0.25, 0.3) is 0 Å². The van der Waals surface area contributed by atoms with Gasteiger partial charge >= 0.3 is 0 Å². The maximum Gasteiger partial charge on any atom is 0.211 e. The molecule has 0 aliphatic heterocycles. The number of Topliss-reactive ketones (excluding diaryl/α,β-unsaturated/α-hetero) is 1. The molecule has 0 unspecified atom stereocenters. The number of carbonyl (C=O) groups is 1. The number of benzene rings is 3. The summed E-state index contributed by atoms with van der Waals surface area (Å²) in [7, 11) is 1.57. The molecule has 3 aromatic rings. The lowest BCUT2D eigenvalue weighted by molar-refractivity contribution is -0.484. The van der Waals surface area contributed by atoms with Gasteiger partial charge in [0.05, 0.1) is 13.0 Å². The highest BCUT2D eigenvalue weighted by Crippen LogP contribution is 2.40. The molecule has 31 heavy (non-hydrogen) atoms. The van der Waals surface area contributed by atoms with E-state index in [2.05, 4.69) is 0 Å². The van der Waals surface area contributed by atoms with Crippen molar-refractivity contribution >= 4 is 5.78 Å². The number of hydrogen-bond acceptors (Lipinski definition) is 4. The molecule has 3 rings (SSSR count). The maximum atomic E-state index is 13.9. The van der Waals surface area contributed by atoms with Crippen LogP contribution in [0.1, 0.15) is 46.7 Å². The first kappa shape index (κ1) is 22.2. The molecule has 0 spiro atoms. The van der Waals surface area contributed by atoms with Crippen LogP contribution in [-0.4, -0.2) is 24.4 Å². The minimum Gasteiger partial charge on any atom is -0.497 e. The van der Waals surface area contributed by atoms with E-state index in [0.717, 1.165) is 11.1 Å². The second-order valence-electron chi connectivity index (χ2n) is 7.58. The van der Waals surface area contributed by atoms with Crippen molar-refractivity contribution in [1.29, 1.82) is 0 Å². The summed E-state index contributed by atoms with van der Waals surface area (Å²) < 4.78 is 5.22. The Kier molecular flexibility index (Phi) is 7.55. The third-order valence-corrected chi connectivity index (χ3v) is 5.79. The third-order valence-electron chi connectivity index (χ3n) is 5.79. The summed E-state index contributed by atoms with van der Waals surface area (Å²) in [6.07, 6.45) is 0.692. The molecule has 0 bridgehead atoms. The van der Waals surface area contributed by atoms with Crippen LogP contribution in [0.5, 0.6) is 5.75 Å². The van der Waals surface area contributed by atoms with Gasteiger partial charge in [0.1, 0.15) is 5.75 Å². The van der Waals surface area contributed by atoms with Crippen molar-refractivity contribution in [2.45, 2.75) is 25.2 Å². The van der Waals surface area contributed by atoms with E-state index in [-0.39, 0.29) is 23.2 Å². The standard InChI is InChI=1S/C26H27NO4/c1-3-23(19-10-6-4-7-11-19)25(26(28)21-14-16-22(31-2)17-15-21)24(18-27(29)30)20-12-8-5-9-13-20/h4-17,23-25H,3,18H2,1-2H3/t23-,24+,25+/m0/s1. The van der Waals surface area contributed by atoms with Crippen molar-refractivity contribution in [1.82, 2.24) is 0 Å². The Labute approximate surface area is 182 Å². The Morgan fingerprint density at radius 1 is 0.871 bits per heavy atom. The fourth-order valence-corrected chi connectivity index (χ4v) is 4.28. The van der Waals surface area contributed by atoms with Crippen LogP contribution in [0.3, 0.4) is 0 Å². The van der Waals surface area contributed by atoms with Gasteiger partial charge in [-0.2, -0.15) is 0 Å². The second-order valence-corrected chi connectivity index (χ2v) is 7.58. The molecule has 0 saturated heterocycles. The fraction of sp³-hybridized carbons (Fsp3) is 0.269. The number of carbonyl (C=O) groups excluding carboxylic acids is 1. The van der Waals surface area contributed by atoms with E-state index in [1.807, 2.05) is 67.6 Å². The number of ketones is 1. The molecule has 0 radical (unpaired) electrons. The quantitative estimate of drug-likeness (QED) is 0.239. The van der Waals surface area contributed by atoms with Gasteiger partial charge in [-0.15, -0.1) is 0 Å². The first-order valence-corrected chi connectivity index (χ1v) is 10.4. The number of rotatable bonds is 10. The SMILES string of the molecule is CC[C@@H](c1ccccc1)[C@@H](C(=O)c1ccc(OC)cc1)[C@H](C[N+](=O)[O-])c1ccccc1. The van der Waals surface area contributed by atoms with Gasteiger partial charge in [0.2, 0.25) is 6.54 Å². The lowest BCUT2D eigenvalue weighted by Gasteiger charge is -2.31. The zero-order chi connectivity index (χ0) is 22.2. The molecule has 160 valence electrons. The molecule has 0 heterocycles. The van der Waals surface area contributed by atoms with E-state index in [1.165, 1.54) is 0 Å². The van der Waals surface area contributed by atoms with E-state index in [0.29, 0.717) is 17.7 Å². The Hall–Kier alpha value is -3.47. The fourth-order valence-electron chi connectivity index (χ4n) is 4.28. The molecular weight excluding hydrogens is 390 g/mol. The summed E-state index contributed by atoms with van der Waals surface area (Å²) in [5.41, 5.74) is 2.35. The summed E-state index contributed by atoms with van der Waals surface area (Å²) in [5, 5.41) is 11.7. The van der Waals surface area contributed by atoms with Crippen LogP contribution in [0, 0.1) is 16.0 Å². The molecule has 0 saturated carbocycles. The van der Waals surface area contributed by atoms with Crippen LogP contribution in [0.25, 0.3) is 0 Å². The average molecular weight is 418 g/mol. The Morgan fingerprint density at radius 2 is 1.39 bits per heavy atom. The predicted octanol–water partition coefficient (Wildman–Crippen LogP) is 5.75.